The van der Waals surface area contributed by atoms with E-state index in [-0.39, 0.29) is 5.84 Å². The van der Waals surface area contributed by atoms with Crippen LogP contribution in [0.5, 0.6) is 5.75 Å². The molecule has 0 fully saturated rings. The third-order valence-corrected chi connectivity index (χ3v) is 3.93. The van der Waals surface area contributed by atoms with E-state index in [4.69, 9.17) is 15.9 Å². The molecule has 20 heavy (non-hydrogen) atoms. The van der Waals surface area contributed by atoms with Crippen molar-refractivity contribution in [1.29, 1.82) is 5.41 Å². The van der Waals surface area contributed by atoms with Gasteiger partial charge in [-0.15, -0.1) is 11.3 Å². The lowest BCUT2D eigenvalue weighted by molar-refractivity contribution is 0.305. The fourth-order valence-corrected chi connectivity index (χ4v) is 2.81. The van der Waals surface area contributed by atoms with Gasteiger partial charge in [-0.3, -0.25) is 5.41 Å². The first kappa shape index (κ1) is 14.5. The minimum absolute atomic E-state index is 0.0905. The fraction of sp³-hybridized carbons (Fsp3) is 0.333. The first-order valence-electron chi connectivity index (χ1n) is 6.62. The number of hydrogen-bond acceptors (Lipinski definition) is 4. The van der Waals surface area contributed by atoms with Gasteiger partial charge >= 0.3 is 0 Å². The van der Waals surface area contributed by atoms with E-state index in [0.717, 1.165) is 39.7 Å². The van der Waals surface area contributed by atoms with Crippen molar-refractivity contribution in [2.24, 2.45) is 5.73 Å². The lowest BCUT2D eigenvalue weighted by atomic mass is 10.2. The van der Waals surface area contributed by atoms with Crippen molar-refractivity contribution < 1.29 is 4.74 Å². The first-order valence-corrected chi connectivity index (χ1v) is 7.44. The highest BCUT2D eigenvalue weighted by molar-refractivity contribution is 7.13. The molecule has 2 aromatic rings. The molecule has 5 heteroatoms. The maximum atomic E-state index is 7.60. The minimum atomic E-state index is 0.0905. The number of rotatable bonds is 6. The second kappa shape index (κ2) is 6.52. The van der Waals surface area contributed by atoms with Crippen LogP contribution in [0.4, 0.5) is 0 Å². The van der Waals surface area contributed by atoms with Crippen molar-refractivity contribution in [3.63, 3.8) is 0 Å². The van der Waals surface area contributed by atoms with Gasteiger partial charge in [0.2, 0.25) is 0 Å². The van der Waals surface area contributed by atoms with Crippen molar-refractivity contribution in [2.45, 2.75) is 33.3 Å². The topological polar surface area (TPSA) is 72.0 Å². The number of aromatic nitrogens is 1. The number of benzene rings is 1. The van der Waals surface area contributed by atoms with Crippen molar-refractivity contribution in [3.8, 4) is 5.75 Å². The number of nitrogen functional groups attached to an aromatic ring is 1. The molecular weight excluding hydrogens is 270 g/mol. The third kappa shape index (κ3) is 3.57. The Kier molecular flexibility index (Phi) is 4.74. The zero-order valence-corrected chi connectivity index (χ0v) is 12.6. The van der Waals surface area contributed by atoms with Gasteiger partial charge < -0.3 is 10.5 Å². The fourth-order valence-electron chi connectivity index (χ4n) is 1.93. The van der Waals surface area contributed by atoms with E-state index < -0.39 is 0 Å². The van der Waals surface area contributed by atoms with Crippen LogP contribution in [0.15, 0.2) is 24.3 Å². The summed E-state index contributed by atoms with van der Waals surface area (Å²) < 4.78 is 5.74. The molecule has 0 saturated carbocycles. The molecule has 0 saturated heterocycles. The van der Waals surface area contributed by atoms with Gasteiger partial charge in [0.15, 0.2) is 0 Å². The van der Waals surface area contributed by atoms with Gasteiger partial charge in [-0.05, 0) is 31.0 Å². The lowest BCUT2D eigenvalue weighted by Gasteiger charge is -2.04. The van der Waals surface area contributed by atoms with Crippen molar-refractivity contribution in [3.05, 3.63) is 45.4 Å². The Morgan fingerprint density at radius 3 is 2.90 bits per heavy atom. The smallest absolute Gasteiger partial charge is 0.140 e. The summed E-state index contributed by atoms with van der Waals surface area (Å²) >= 11 is 1.45. The quantitative estimate of drug-likeness (QED) is 0.633. The van der Waals surface area contributed by atoms with Gasteiger partial charge in [0.25, 0.3) is 0 Å². The zero-order valence-electron chi connectivity index (χ0n) is 11.8. The summed E-state index contributed by atoms with van der Waals surface area (Å²) in [5.41, 5.74) is 7.67. The van der Waals surface area contributed by atoms with Gasteiger partial charge in [0.1, 0.15) is 23.2 Å². The Hall–Kier alpha value is -1.88. The van der Waals surface area contributed by atoms with Crippen molar-refractivity contribution >= 4 is 17.2 Å². The predicted molar refractivity (Wildman–Crippen MR) is 82.6 cm³/mol. The van der Waals surface area contributed by atoms with Crippen LogP contribution < -0.4 is 10.5 Å². The SMILES string of the molecule is CCCc1nc(COc2cccc(C)c2)sc1C(=N)N. The minimum Gasteiger partial charge on any atom is -0.486 e. The van der Waals surface area contributed by atoms with Crippen LogP contribution in [-0.4, -0.2) is 10.8 Å². The van der Waals surface area contributed by atoms with Crippen LogP contribution >= 0.6 is 11.3 Å². The van der Waals surface area contributed by atoms with Gasteiger partial charge in [0.05, 0.1) is 10.6 Å². The largest absolute Gasteiger partial charge is 0.486 e. The summed E-state index contributed by atoms with van der Waals surface area (Å²) in [4.78, 5) is 5.30. The van der Waals surface area contributed by atoms with E-state index >= 15 is 0 Å². The molecule has 0 aliphatic rings. The summed E-state index contributed by atoms with van der Waals surface area (Å²) in [6.45, 7) is 4.54. The van der Waals surface area contributed by atoms with Gasteiger partial charge in [-0.25, -0.2) is 4.98 Å². The molecule has 106 valence electrons. The van der Waals surface area contributed by atoms with Crippen LogP contribution in [0.2, 0.25) is 0 Å². The highest BCUT2D eigenvalue weighted by atomic mass is 32.1. The van der Waals surface area contributed by atoms with Crippen molar-refractivity contribution in [1.82, 2.24) is 4.98 Å². The average Bonchev–Trinajstić information content (AvgIpc) is 2.80. The van der Waals surface area contributed by atoms with E-state index in [1.807, 2.05) is 31.2 Å². The normalized spacial score (nSPS) is 10.5. The summed E-state index contributed by atoms with van der Waals surface area (Å²) in [6, 6.07) is 7.92. The van der Waals surface area contributed by atoms with E-state index in [1.165, 1.54) is 11.3 Å². The third-order valence-electron chi connectivity index (χ3n) is 2.82. The van der Waals surface area contributed by atoms with Gasteiger partial charge in [0, 0.05) is 0 Å². The highest BCUT2D eigenvalue weighted by Crippen LogP contribution is 2.22. The highest BCUT2D eigenvalue weighted by Gasteiger charge is 2.13. The Bertz CT molecular complexity index is 607. The van der Waals surface area contributed by atoms with E-state index in [2.05, 4.69) is 11.9 Å². The van der Waals surface area contributed by atoms with E-state index in [0.29, 0.717) is 6.61 Å². The number of nitrogens with zero attached hydrogens (tertiary/aromatic N) is 1. The van der Waals surface area contributed by atoms with Crippen LogP contribution in [0, 0.1) is 12.3 Å². The maximum Gasteiger partial charge on any atom is 0.140 e. The van der Waals surface area contributed by atoms with Gasteiger partial charge in [-0.1, -0.05) is 25.5 Å². The Morgan fingerprint density at radius 1 is 1.45 bits per heavy atom. The number of nitrogens with one attached hydrogen (secondary N) is 1. The number of hydrogen-bond donors (Lipinski definition) is 2. The van der Waals surface area contributed by atoms with Gasteiger partial charge in [-0.2, -0.15) is 0 Å². The molecule has 0 atom stereocenters. The summed E-state index contributed by atoms with van der Waals surface area (Å²) in [7, 11) is 0. The first-order chi connectivity index (χ1) is 9.60. The molecule has 0 bridgehead atoms. The monoisotopic (exact) mass is 289 g/mol. The van der Waals surface area contributed by atoms with E-state index in [9.17, 15) is 0 Å². The molecule has 1 aromatic heterocycles. The second-order valence-corrected chi connectivity index (χ2v) is 5.74. The maximum absolute atomic E-state index is 7.60. The molecule has 0 unspecified atom stereocenters. The molecule has 0 amide bonds. The number of aryl methyl sites for hydroxylation is 2. The number of thiazole rings is 1. The Labute approximate surface area is 123 Å². The molecule has 1 heterocycles. The summed E-state index contributed by atoms with van der Waals surface area (Å²) in [6.07, 6.45) is 1.83. The van der Waals surface area contributed by atoms with Crippen molar-refractivity contribution in [2.75, 3.05) is 0 Å². The number of ether oxygens (including phenoxy) is 1. The van der Waals surface area contributed by atoms with Crippen LogP contribution in [0.25, 0.3) is 0 Å². The summed E-state index contributed by atoms with van der Waals surface area (Å²) in [5.74, 6) is 0.925. The number of nitrogens with two attached hydrogens (primary N) is 1. The molecule has 0 radical (unpaired) electrons. The standard InChI is InChI=1S/C15H19N3OS/c1-3-5-12-14(15(16)17)20-13(18-12)9-19-11-7-4-6-10(2)8-11/h4,6-8H,3,5,9H2,1-2H3,(H3,16,17). The van der Waals surface area contributed by atoms with E-state index in [1.54, 1.807) is 0 Å². The lowest BCUT2D eigenvalue weighted by Crippen LogP contribution is -2.11. The molecule has 4 nitrogen and oxygen atoms in total. The summed E-state index contributed by atoms with van der Waals surface area (Å²) in [5, 5.41) is 8.46. The van der Waals surface area contributed by atoms with Crippen LogP contribution in [0.3, 0.4) is 0 Å². The van der Waals surface area contributed by atoms with Crippen LogP contribution in [-0.2, 0) is 13.0 Å². The zero-order chi connectivity index (χ0) is 14.5. The average molecular weight is 289 g/mol. The van der Waals surface area contributed by atoms with Crippen LogP contribution in [0.1, 0.15) is 34.5 Å². The molecule has 1 aromatic carbocycles. The molecule has 3 N–H and O–H groups in total. The molecule has 0 aliphatic heterocycles. The molecule has 0 aliphatic carbocycles. The number of amidine groups is 1. The Balaban J connectivity index is 2.09. The Morgan fingerprint density at radius 2 is 2.25 bits per heavy atom. The molecular formula is C15H19N3OS. The predicted octanol–water partition coefficient (Wildman–Crippen LogP) is 3.27. The molecule has 2 rings (SSSR count). The second-order valence-electron chi connectivity index (χ2n) is 4.65. The molecule has 0 spiro atoms.